The van der Waals surface area contributed by atoms with Gasteiger partial charge in [-0.05, 0) is 81.1 Å². The second kappa shape index (κ2) is 9.37. The van der Waals surface area contributed by atoms with Crippen LogP contribution in [-0.2, 0) is 16.0 Å². The maximum absolute atomic E-state index is 13.5. The summed E-state index contributed by atoms with van der Waals surface area (Å²) in [4.78, 5) is 28.8. The van der Waals surface area contributed by atoms with Gasteiger partial charge in [0.05, 0.1) is 29.8 Å². The van der Waals surface area contributed by atoms with Gasteiger partial charge in [0.1, 0.15) is 11.6 Å². The van der Waals surface area contributed by atoms with Gasteiger partial charge in [0.25, 0.3) is 5.91 Å². The fourth-order valence-electron chi connectivity index (χ4n) is 4.49. The van der Waals surface area contributed by atoms with Crippen LogP contribution in [0.2, 0.25) is 5.02 Å². The number of anilines is 1. The number of carbonyl (C=O) groups is 2. The molecule has 2 saturated heterocycles. The van der Waals surface area contributed by atoms with Gasteiger partial charge in [0, 0.05) is 0 Å². The minimum atomic E-state index is -0.573. The Balaban J connectivity index is 1.35. The van der Waals surface area contributed by atoms with Gasteiger partial charge in [0.15, 0.2) is 0 Å². The van der Waals surface area contributed by atoms with Crippen LogP contribution in [-0.4, -0.2) is 42.5 Å². The molecular formula is C24H26ClFN2O3. The van der Waals surface area contributed by atoms with Crippen molar-refractivity contribution in [1.29, 1.82) is 0 Å². The second-order valence-corrected chi connectivity index (χ2v) is 8.55. The molecule has 0 unspecified atom stereocenters. The van der Waals surface area contributed by atoms with E-state index in [-0.39, 0.29) is 23.3 Å². The molecule has 2 aliphatic heterocycles. The summed E-state index contributed by atoms with van der Waals surface area (Å²) in [6.45, 7) is 4.19. The fourth-order valence-corrected chi connectivity index (χ4v) is 4.66. The summed E-state index contributed by atoms with van der Waals surface area (Å²) in [5.74, 6) is 0.341. The number of halogens is 2. The van der Waals surface area contributed by atoms with Gasteiger partial charge in [-0.1, -0.05) is 23.7 Å². The van der Waals surface area contributed by atoms with Crippen molar-refractivity contribution >= 4 is 29.1 Å². The molecule has 7 heteroatoms. The Labute approximate surface area is 186 Å². The van der Waals surface area contributed by atoms with Gasteiger partial charge in [-0.2, -0.15) is 0 Å². The van der Waals surface area contributed by atoms with E-state index in [1.165, 1.54) is 23.8 Å². The van der Waals surface area contributed by atoms with Crippen molar-refractivity contribution in [3.63, 3.8) is 0 Å². The zero-order chi connectivity index (χ0) is 22.0. The monoisotopic (exact) mass is 444 g/mol. The number of likely N-dealkylation sites (tertiary alicyclic amines) is 1. The minimum absolute atomic E-state index is 0.100. The highest BCUT2D eigenvalue weighted by molar-refractivity contribution is 6.31. The maximum atomic E-state index is 13.5. The number of hydrogen-bond acceptors (Lipinski definition) is 4. The normalized spacial score (nSPS) is 20.5. The molecule has 0 aliphatic carbocycles. The summed E-state index contributed by atoms with van der Waals surface area (Å²) >= 11 is 5.84. The highest BCUT2D eigenvalue weighted by atomic mass is 35.5. The van der Waals surface area contributed by atoms with Crippen LogP contribution in [0.1, 0.15) is 31.7 Å². The largest absolute Gasteiger partial charge is 0.494 e. The van der Waals surface area contributed by atoms with E-state index in [0.29, 0.717) is 18.2 Å². The van der Waals surface area contributed by atoms with E-state index < -0.39 is 11.9 Å². The highest BCUT2D eigenvalue weighted by Crippen LogP contribution is 2.31. The number of imide groups is 1. The van der Waals surface area contributed by atoms with Gasteiger partial charge in [-0.15, -0.1) is 0 Å². The van der Waals surface area contributed by atoms with Crippen molar-refractivity contribution in [3.05, 3.63) is 58.9 Å². The Bertz CT molecular complexity index is 958. The van der Waals surface area contributed by atoms with Gasteiger partial charge in [-0.25, -0.2) is 9.29 Å². The van der Waals surface area contributed by atoms with Crippen molar-refractivity contribution in [3.8, 4) is 5.75 Å². The van der Waals surface area contributed by atoms with Crippen molar-refractivity contribution in [2.75, 3.05) is 24.6 Å². The van der Waals surface area contributed by atoms with E-state index in [1.54, 1.807) is 0 Å². The average Bonchev–Trinajstić information content (AvgIpc) is 3.06. The zero-order valence-electron chi connectivity index (χ0n) is 17.5. The predicted molar refractivity (Wildman–Crippen MR) is 118 cm³/mol. The quantitative estimate of drug-likeness (QED) is 0.617. The molecule has 1 atom stereocenters. The predicted octanol–water partition coefficient (Wildman–Crippen LogP) is 4.46. The molecule has 0 N–H and O–H groups in total. The summed E-state index contributed by atoms with van der Waals surface area (Å²) in [7, 11) is 0. The van der Waals surface area contributed by atoms with Crippen LogP contribution in [0.3, 0.4) is 0 Å². The summed E-state index contributed by atoms with van der Waals surface area (Å²) in [5.41, 5.74) is 1.61. The lowest BCUT2D eigenvalue weighted by molar-refractivity contribution is -0.123. The second-order valence-electron chi connectivity index (χ2n) is 8.15. The molecule has 5 nitrogen and oxygen atoms in total. The number of amides is 2. The van der Waals surface area contributed by atoms with Crippen LogP contribution >= 0.6 is 11.6 Å². The smallest absolute Gasteiger partial charge is 0.251 e. The minimum Gasteiger partial charge on any atom is -0.494 e. The Morgan fingerprint density at radius 3 is 2.45 bits per heavy atom. The van der Waals surface area contributed by atoms with E-state index in [2.05, 4.69) is 17.0 Å². The standard InChI is InChI=1S/C24H26ClFN2O3/c1-2-31-19-6-3-16(4-7-19)13-17-9-11-27(12-10-17)22-15-23(29)28(24(22)30)18-5-8-21(26)20(25)14-18/h3-8,14,17,22H,2,9-13,15H2,1H3/t22-/m0/s1. The number of benzene rings is 2. The molecule has 31 heavy (non-hydrogen) atoms. The first kappa shape index (κ1) is 21.8. The third-order valence-electron chi connectivity index (χ3n) is 6.13. The summed E-state index contributed by atoms with van der Waals surface area (Å²) in [6.07, 6.45) is 3.11. The molecule has 4 rings (SSSR count). The third-order valence-corrected chi connectivity index (χ3v) is 6.42. The van der Waals surface area contributed by atoms with Crippen LogP contribution in [0, 0.1) is 11.7 Å². The summed E-state index contributed by atoms with van der Waals surface area (Å²) < 4.78 is 19.0. The van der Waals surface area contributed by atoms with E-state index in [0.717, 1.165) is 43.0 Å². The number of nitrogens with zero attached hydrogens (tertiary/aromatic N) is 2. The SMILES string of the molecule is CCOc1ccc(CC2CCN([C@H]3CC(=O)N(c4ccc(F)c(Cl)c4)C3=O)CC2)cc1. The topological polar surface area (TPSA) is 49.9 Å². The van der Waals surface area contributed by atoms with Crippen molar-refractivity contribution < 1.29 is 18.7 Å². The molecule has 0 spiro atoms. The number of piperidine rings is 1. The van der Waals surface area contributed by atoms with Gasteiger partial charge >= 0.3 is 0 Å². The highest BCUT2D eigenvalue weighted by Gasteiger charge is 2.43. The number of rotatable bonds is 6. The first-order valence-corrected chi connectivity index (χ1v) is 11.1. The Hall–Kier alpha value is -2.44. The Morgan fingerprint density at radius 1 is 1.10 bits per heavy atom. The molecule has 0 bridgehead atoms. The summed E-state index contributed by atoms with van der Waals surface area (Å²) in [5, 5.41) is -0.100. The maximum Gasteiger partial charge on any atom is 0.251 e. The van der Waals surface area contributed by atoms with Crippen molar-refractivity contribution in [2.24, 2.45) is 5.92 Å². The first-order chi connectivity index (χ1) is 15.0. The van der Waals surface area contributed by atoms with Gasteiger partial charge in [0.2, 0.25) is 5.91 Å². The van der Waals surface area contributed by atoms with Crippen molar-refractivity contribution in [1.82, 2.24) is 4.90 Å². The lowest BCUT2D eigenvalue weighted by atomic mass is 9.89. The van der Waals surface area contributed by atoms with Crippen LogP contribution in [0.5, 0.6) is 5.75 Å². The lowest BCUT2D eigenvalue weighted by Gasteiger charge is -2.34. The molecule has 0 radical (unpaired) electrons. The molecule has 2 aromatic rings. The van der Waals surface area contributed by atoms with Gasteiger partial charge < -0.3 is 4.74 Å². The molecule has 2 aromatic carbocycles. The van der Waals surface area contributed by atoms with E-state index in [1.807, 2.05) is 19.1 Å². The molecule has 2 fully saturated rings. The fraction of sp³-hybridized carbons (Fsp3) is 0.417. The first-order valence-electron chi connectivity index (χ1n) is 10.7. The Kier molecular flexibility index (Phi) is 6.58. The van der Waals surface area contributed by atoms with Crippen LogP contribution in [0.4, 0.5) is 10.1 Å². The number of carbonyl (C=O) groups excluding carboxylic acids is 2. The third kappa shape index (κ3) is 4.75. The van der Waals surface area contributed by atoms with E-state index in [4.69, 9.17) is 16.3 Å². The molecular weight excluding hydrogens is 419 g/mol. The molecule has 2 heterocycles. The van der Waals surface area contributed by atoms with Crippen LogP contribution < -0.4 is 9.64 Å². The zero-order valence-corrected chi connectivity index (χ0v) is 18.3. The van der Waals surface area contributed by atoms with Gasteiger partial charge in [-0.3, -0.25) is 14.5 Å². The molecule has 2 aliphatic rings. The van der Waals surface area contributed by atoms with Crippen LogP contribution in [0.15, 0.2) is 42.5 Å². The van der Waals surface area contributed by atoms with E-state index in [9.17, 15) is 14.0 Å². The summed E-state index contributed by atoms with van der Waals surface area (Å²) in [6, 6.07) is 11.7. The molecule has 0 aromatic heterocycles. The van der Waals surface area contributed by atoms with Crippen LogP contribution in [0.25, 0.3) is 0 Å². The number of hydrogen-bond donors (Lipinski definition) is 0. The number of ether oxygens (including phenoxy) is 1. The van der Waals surface area contributed by atoms with E-state index >= 15 is 0 Å². The molecule has 2 amide bonds. The average molecular weight is 445 g/mol. The lowest BCUT2D eigenvalue weighted by Crippen LogP contribution is -2.46. The molecule has 0 saturated carbocycles. The van der Waals surface area contributed by atoms with Crippen molar-refractivity contribution in [2.45, 2.75) is 38.6 Å². The Morgan fingerprint density at radius 2 is 1.81 bits per heavy atom. The molecule has 164 valence electrons.